The van der Waals surface area contributed by atoms with Crippen molar-refractivity contribution in [3.63, 3.8) is 0 Å². The number of aliphatic carboxylic acids is 1. The van der Waals surface area contributed by atoms with Gasteiger partial charge in [0.25, 0.3) is 12.3 Å². The Morgan fingerprint density at radius 1 is 1.43 bits per heavy atom. The van der Waals surface area contributed by atoms with Gasteiger partial charge in [-0.3, -0.25) is 14.3 Å². The van der Waals surface area contributed by atoms with Crippen molar-refractivity contribution in [2.45, 2.75) is 19.5 Å². The predicted octanol–water partition coefficient (Wildman–Crippen LogP) is 1.29. The summed E-state index contributed by atoms with van der Waals surface area (Å²) in [6.45, 7) is -0.911. The van der Waals surface area contributed by atoms with Gasteiger partial charge in [-0.05, 0) is 12.1 Å². The number of alkyl halides is 2. The number of halogens is 2. The maximum Gasteiger partial charge on any atom is 0.325 e. The summed E-state index contributed by atoms with van der Waals surface area (Å²) >= 11 is 0. The monoisotopic (exact) mass is 298 g/mol. The average Bonchev–Trinajstić information content (AvgIpc) is 2.97. The molecule has 2 aromatic rings. The van der Waals surface area contributed by atoms with Gasteiger partial charge in [-0.15, -0.1) is 0 Å². The molecule has 2 N–H and O–H groups in total. The average molecular weight is 298 g/mol. The van der Waals surface area contributed by atoms with Gasteiger partial charge in [0.2, 0.25) is 0 Å². The predicted molar refractivity (Wildman–Crippen MR) is 68.3 cm³/mol. The highest BCUT2D eigenvalue weighted by Crippen LogP contribution is 2.11. The van der Waals surface area contributed by atoms with Crippen molar-refractivity contribution in [3.8, 4) is 0 Å². The first-order valence-electron chi connectivity index (χ1n) is 5.94. The van der Waals surface area contributed by atoms with E-state index in [1.165, 1.54) is 30.7 Å². The van der Waals surface area contributed by atoms with E-state index in [9.17, 15) is 18.4 Å². The van der Waals surface area contributed by atoms with Crippen molar-refractivity contribution in [1.29, 1.82) is 0 Å². The van der Waals surface area contributed by atoms with Gasteiger partial charge in [0, 0.05) is 12.4 Å². The van der Waals surface area contributed by atoms with E-state index >= 15 is 0 Å². The van der Waals surface area contributed by atoms with Gasteiger partial charge in [0.15, 0.2) is 0 Å². The lowest BCUT2D eigenvalue weighted by atomic mass is 10.4. The SMILES string of the molecule is O=C(O)Cn1cc(NC(=O)c2cccn2CC(F)F)cn1. The molecule has 0 saturated carbocycles. The second-order valence-electron chi connectivity index (χ2n) is 4.21. The Hall–Kier alpha value is -2.71. The van der Waals surface area contributed by atoms with Crippen LogP contribution in [-0.4, -0.2) is 37.8 Å². The number of carboxylic acid groups (broad SMARTS) is 1. The van der Waals surface area contributed by atoms with Crippen molar-refractivity contribution < 1.29 is 23.5 Å². The Kier molecular flexibility index (Phi) is 4.31. The molecule has 2 aromatic heterocycles. The van der Waals surface area contributed by atoms with Crippen molar-refractivity contribution in [2.24, 2.45) is 0 Å². The van der Waals surface area contributed by atoms with Crippen LogP contribution in [0, 0.1) is 0 Å². The maximum absolute atomic E-state index is 12.4. The number of amides is 1. The largest absolute Gasteiger partial charge is 0.480 e. The highest BCUT2D eigenvalue weighted by atomic mass is 19.3. The van der Waals surface area contributed by atoms with Crippen LogP contribution in [0.5, 0.6) is 0 Å². The number of anilines is 1. The summed E-state index contributed by atoms with van der Waals surface area (Å²) in [4.78, 5) is 22.5. The maximum atomic E-state index is 12.4. The van der Waals surface area contributed by atoms with Gasteiger partial charge in [-0.25, -0.2) is 8.78 Å². The van der Waals surface area contributed by atoms with Gasteiger partial charge < -0.3 is 15.0 Å². The van der Waals surface area contributed by atoms with Crippen LogP contribution in [0.1, 0.15) is 10.5 Å². The molecule has 0 spiro atoms. The Bertz CT molecular complexity index is 650. The summed E-state index contributed by atoms with van der Waals surface area (Å²) in [6.07, 6.45) is 1.44. The van der Waals surface area contributed by atoms with Crippen LogP contribution in [0.2, 0.25) is 0 Å². The number of nitrogens with zero attached hydrogens (tertiary/aromatic N) is 3. The number of aromatic nitrogens is 3. The van der Waals surface area contributed by atoms with E-state index in [0.717, 1.165) is 9.25 Å². The zero-order chi connectivity index (χ0) is 15.4. The fraction of sp³-hybridized carbons (Fsp3) is 0.250. The van der Waals surface area contributed by atoms with E-state index in [2.05, 4.69) is 10.4 Å². The Morgan fingerprint density at radius 3 is 2.86 bits per heavy atom. The number of hydrogen-bond acceptors (Lipinski definition) is 3. The van der Waals surface area contributed by atoms with Crippen LogP contribution in [0.25, 0.3) is 0 Å². The summed E-state index contributed by atoms with van der Waals surface area (Å²) < 4.78 is 27.0. The smallest absolute Gasteiger partial charge is 0.325 e. The van der Waals surface area contributed by atoms with E-state index in [0.29, 0.717) is 0 Å². The lowest BCUT2D eigenvalue weighted by Crippen LogP contribution is -2.18. The molecule has 2 rings (SSSR count). The fourth-order valence-corrected chi connectivity index (χ4v) is 1.78. The Balaban J connectivity index is 2.06. The minimum atomic E-state index is -2.57. The third-order valence-electron chi connectivity index (χ3n) is 2.59. The lowest BCUT2D eigenvalue weighted by Gasteiger charge is -2.08. The number of nitrogens with one attached hydrogen (secondary N) is 1. The van der Waals surface area contributed by atoms with Crippen LogP contribution >= 0.6 is 0 Å². The van der Waals surface area contributed by atoms with Crippen LogP contribution in [0.15, 0.2) is 30.7 Å². The molecule has 0 aliphatic carbocycles. The summed E-state index contributed by atoms with van der Waals surface area (Å²) in [5, 5.41) is 14.8. The second-order valence-corrected chi connectivity index (χ2v) is 4.21. The van der Waals surface area contributed by atoms with Crippen LogP contribution in [-0.2, 0) is 17.9 Å². The van der Waals surface area contributed by atoms with Crippen molar-refractivity contribution in [2.75, 3.05) is 5.32 Å². The topological polar surface area (TPSA) is 89.1 Å². The van der Waals surface area contributed by atoms with Crippen LogP contribution in [0.4, 0.5) is 14.5 Å². The van der Waals surface area contributed by atoms with Crippen LogP contribution < -0.4 is 5.32 Å². The molecule has 2 heterocycles. The molecule has 21 heavy (non-hydrogen) atoms. The summed E-state index contributed by atoms with van der Waals surface area (Å²) in [5.41, 5.74) is 0.368. The van der Waals surface area contributed by atoms with Crippen LogP contribution in [0.3, 0.4) is 0 Å². The Labute approximate surface area is 117 Å². The fourth-order valence-electron chi connectivity index (χ4n) is 1.78. The van der Waals surface area contributed by atoms with E-state index in [-0.39, 0.29) is 17.9 Å². The molecule has 112 valence electrons. The highest BCUT2D eigenvalue weighted by Gasteiger charge is 2.14. The second kappa shape index (κ2) is 6.16. The molecule has 0 atom stereocenters. The van der Waals surface area contributed by atoms with E-state index in [4.69, 9.17) is 5.11 Å². The summed E-state index contributed by atoms with van der Waals surface area (Å²) in [5.74, 6) is -1.64. The number of rotatable bonds is 6. The quantitative estimate of drug-likeness (QED) is 0.841. The van der Waals surface area contributed by atoms with Gasteiger partial charge in [0.05, 0.1) is 18.4 Å². The first-order chi connectivity index (χ1) is 9.95. The van der Waals surface area contributed by atoms with Gasteiger partial charge in [-0.2, -0.15) is 5.10 Å². The molecule has 1 amide bonds. The molecule has 0 radical (unpaired) electrons. The summed E-state index contributed by atoms with van der Waals surface area (Å²) in [7, 11) is 0. The third-order valence-corrected chi connectivity index (χ3v) is 2.59. The number of carbonyl (C=O) groups excluding carboxylic acids is 1. The highest BCUT2D eigenvalue weighted by molar-refractivity contribution is 6.03. The molecular weight excluding hydrogens is 286 g/mol. The molecule has 0 fully saturated rings. The Morgan fingerprint density at radius 2 is 2.19 bits per heavy atom. The zero-order valence-corrected chi connectivity index (χ0v) is 10.7. The minimum Gasteiger partial charge on any atom is -0.480 e. The molecule has 0 saturated heterocycles. The third kappa shape index (κ3) is 3.88. The molecule has 0 aliphatic heterocycles. The lowest BCUT2D eigenvalue weighted by molar-refractivity contribution is -0.137. The molecule has 0 unspecified atom stereocenters. The number of carbonyl (C=O) groups is 2. The minimum absolute atomic E-state index is 0.0845. The first kappa shape index (κ1) is 14.7. The molecule has 9 heteroatoms. The van der Waals surface area contributed by atoms with Gasteiger partial charge in [-0.1, -0.05) is 0 Å². The molecule has 0 aromatic carbocycles. The standard InChI is InChI=1S/C12H12F2N4O3/c13-10(14)6-17-3-1-2-9(17)12(21)16-8-4-15-18(5-8)7-11(19)20/h1-5,10H,6-7H2,(H,16,21)(H,19,20). The normalized spacial score (nSPS) is 10.8. The molecule has 0 aliphatic rings. The number of hydrogen-bond donors (Lipinski definition) is 2. The van der Waals surface area contributed by atoms with Crippen molar-refractivity contribution in [1.82, 2.24) is 14.3 Å². The van der Waals surface area contributed by atoms with E-state index < -0.39 is 24.8 Å². The number of carboxylic acids is 1. The van der Waals surface area contributed by atoms with Crippen molar-refractivity contribution >= 4 is 17.6 Å². The van der Waals surface area contributed by atoms with Gasteiger partial charge >= 0.3 is 5.97 Å². The molecule has 0 bridgehead atoms. The summed E-state index contributed by atoms with van der Waals surface area (Å²) in [6, 6.07) is 2.91. The molecule has 7 nitrogen and oxygen atoms in total. The van der Waals surface area contributed by atoms with E-state index in [1.807, 2.05) is 0 Å². The van der Waals surface area contributed by atoms with Gasteiger partial charge in [0.1, 0.15) is 12.2 Å². The molecular formula is C12H12F2N4O3. The van der Waals surface area contributed by atoms with E-state index in [1.54, 1.807) is 0 Å². The zero-order valence-electron chi connectivity index (χ0n) is 10.7. The van der Waals surface area contributed by atoms with Crippen molar-refractivity contribution in [3.05, 3.63) is 36.4 Å². The first-order valence-corrected chi connectivity index (χ1v) is 5.94.